The van der Waals surface area contributed by atoms with Gasteiger partial charge in [-0.3, -0.25) is 4.79 Å². The Kier molecular flexibility index (Phi) is 6.14. The van der Waals surface area contributed by atoms with E-state index < -0.39 is 3.42 Å². The lowest BCUT2D eigenvalue weighted by Gasteiger charge is -2.31. The molecule has 2 nitrogen and oxygen atoms in total. The summed E-state index contributed by atoms with van der Waals surface area (Å²) in [6, 6.07) is 0. The molecule has 0 radical (unpaired) electrons. The molecule has 1 atom stereocenters. The maximum atomic E-state index is 11.8. The first-order valence-electron chi connectivity index (χ1n) is 5.67. The second kappa shape index (κ2) is 6.06. The Morgan fingerprint density at radius 3 is 2.13 bits per heavy atom. The van der Waals surface area contributed by atoms with Gasteiger partial charge in [-0.1, -0.05) is 42.9 Å². The SMILES string of the molecule is CCCCC(C)(CC)OC(=O)C(C)(C)I. The predicted octanol–water partition coefficient (Wildman–Crippen LogP) is 4.10. The van der Waals surface area contributed by atoms with Crippen LogP contribution >= 0.6 is 22.6 Å². The highest BCUT2D eigenvalue weighted by atomic mass is 127. The third kappa shape index (κ3) is 5.73. The minimum absolute atomic E-state index is 0.108. The fourth-order valence-corrected chi connectivity index (χ4v) is 1.31. The molecule has 0 aromatic rings. The lowest BCUT2D eigenvalue weighted by Crippen LogP contribution is -2.37. The number of carbonyl (C=O) groups is 1. The van der Waals surface area contributed by atoms with E-state index in [0.717, 1.165) is 25.7 Å². The van der Waals surface area contributed by atoms with Gasteiger partial charge in [0, 0.05) is 0 Å². The first-order valence-corrected chi connectivity index (χ1v) is 6.75. The van der Waals surface area contributed by atoms with Crippen LogP contribution in [0.5, 0.6) is 0 Å². The van der Waals surface area contributed by atoms with Crippen molar-refractivity contribution in [2.45, 2.75) is 69.3 Å². The Labute approximate surface area is 107 Å². The van der Waals surface area contributed by atoms with Crippen LogP contribution in [0.3, 0.4) is 0 Å². The van der Waals surface area contributed by atoms with Gasteiger partial charge in [0.05, 0.1) is 0 Å². The van der Waals surface area contributed by atoms with Crippen LogP contribution in [-0.2, 0) is 9.53 Å². The van der Waals surface area contributed by atoms with Gasteiger partial charge in [-0.15, -0.1) is 0 Å². The van der Waals surface area contributed by atoms with Crippen LogP contribution in [0.25, 0.3) is 0 Å². The zero-order valence-electron chi connectivity index (χ0n) is 10.5. The lowest BCUT2D eigenvalue weighted by atomic mass is 9.95. The molecule has 3 heteroatoms. The van der Waals surface area contributed by atoms with E-state index >= 15 is 0 Å². The second-order valence-corrected chi connectivity index (χ2v) is 7.47. The van der Waals surface area contributed by atoms with Crippen molar-refractivity contribution >= 4 is 28.6 Å². The normalized spacial score (nSPS) is 15.9. The van der Waals surface area contributed by atoms with E-state index in [4.69, 9.17) is 4.74 Å². The number of hydrogen-bond donors (Lipinski definition) is 0. The predicted molar refractivity (Wildman–Crippen MR) is 72.4 cm³/mol. The molecule has 0 amide bonds. The molecule has 0 aromatic carbocycles. The molecule has 0 aliphatic heterocycles. The van der Waals surface area contributed by atoms with Crippen LogP contribution in [0.4, 0.5) is 0 Å². The Balaban J connectivity index is 4.37. The average Bonchev–Trinajstić information content (AvgIpc) is 2.13. The van der Waals surface area contributed by atoms with Crippen LogP contribution in [0.1, 0.15) is 60.3 Å². The smallest absolute Gasteiger partial charge is 0.321 e. The Bertz CT molecular complexity index is 208. The minimum atomic E-state index is -0.430. The third-order valence-corrected chi connectivity index (χ3v) is 3.07. The minimum Gasteiger partial charge on any atom is -0.458 e. The summed E-state index contributed by atoms with van der Waals surface area (Å²) in [5, 5.41) is 0. The maximum Gasteiger partial charge on any atom is 0.321 e. The molecule has 0 aromatic heterocycles. The number of hydrogen-bond acceptors (Lipinski definition) is 2. The van der Waals surface area contributed by atoms with Crippen molar-refractivity contribution < 1.29 is 9.53 Å². The van der Waals surface area contributed by atoms with Crippen molar-refractivity contribution in [3.8, 4) is 0 Å². The summed E-state index contributed by atoms with van der Waals surface area (Å²) in [4.78, 5) is 11.8. The number of unbranched alkanes of at least 4 members (excludes halogenated alkanes) is 1. The average molecular weight is 326 g/mol. The first-order chi connectivity index (χ1) is 6.75. The standard InChI is InChI=1S/C12H23IO2/c1-6-8-9-12(5,7-2)15-10(14)11(3,4)13/h6-9H2,1-5H3. The van der Waals surface area contributed by atoms with Crippen LogP contribution in [0.2, 0.25) is 0 Å². The fraction of sp³-hybridized carbons (Fsp3) is 0.917. The molecule has 0 bridgehead atoms. The molecule has 0 rings (SSSR count). The summed E-state index contributed by atoms with van der Waals surface area (Å²) in [7, 11) is 0. The molecule has 0 saturated carbocycles. The molecule has 90 valence electrons. The summed E-state index contributed by atoms with van der Waals surface area (Å²) in [5.74, 6) is -0.108. The van der Waals surface area contributed by atoms with Crippen LogP contribution in [-0.4, -0.2) is 15.0 Å². The lowest BCUT2D eigenvalue weighted by molar-refractivity contribution is -0.160. The molecule has 0 N–H and O–H groups in total. The quantitative estimate of drug-likeness (QED) is 0.417. The Hall–Kier alpha value is 0.200. The van der Waals surface area contributed by atoms with Gasteiger partial charge in [0.15, 0.2) is 0 Å². The summed E-state index contributed by atoms with van der Waals surface area (Å²) in [5.41, 5.74) is -0.282. The monoisotopic (exact) mass is 326 g/mol. The molecule has 0 aliphatic carbocycles. The number of rotatable bonds is 6. The van der Waals surface area contributed by atoms with Crippen molar-refractivity contribution in [3.05, 3.63) is 0 Å². The molecule has 0 spiro atoms. The molecule has 15 heavy (non-hydrogen) atoms. The number of carbonyl (C=O) groups excluding carboxylic acids is 1. The fourth-order valence-electron chi connectivity index (χ4n) is 1.20. The van der Waals surface area contributed by atoms with Crippen LogP contribution in [0.15, 0.2) is 0 Å². The second-order valence-electron chi connectivity index (χ2n) is 4.77. The van der Waals surface area contributed by atoms with Crippen molar-refractivity contribution in [2.75, 3.05) is 0 Å². The van der Waals surface area contributed by atoms with Gasteiger partial charge in [0.2, 0.25) is 0 Å². The molecule has 0 heterocycles. The first kappa shape index (κ1) is 15.2. The van der Waals surface area contributed by atoms with Gasteiger partial charge < -0.3 is 4.74 Å². The van der Waals surface area contributed by atoms with Gasteiger partial charge >= 0.3 is 5.97 Å². The zero-order chi connectivity index (χ0) is 12.1. The topological polar surface area (TPSA) is 26.3 Å². The largest absolute Gasteiger partial charge is 0.458 e. The maximum absolute atomic E-state index is 11.8. The van der Waals surface area contributed by atoms with Crippen molar-refractivity contribution in [1.29, 1.82) is 0 Å². The summed E-state index contributed by atoms with van der Waals surface area (Å²) < 4.78 is 5.18. The van der Waals surface area contributed by atoms with E-state index in [-0.39, 0.29) is 11.6 Å². The van der Waals surface area contributed by atoms with E-state index in [0.29, 0.717) is 0 Å². The van der Waals surface area contributed by atoms with Crippen LogP contribution < -0.4 is 0 Å². The summed E-state index contributed by atoms with van der Waals surface area (Å²) in [6.07, 6.45) is 4.09. The molecule has 0 fully saturated rings. The summed E-state index contributed by atoms with van der Waals surface area (Å²) in [6.45, 7) is 10.0. The highest BCUT2D eigenvalue weighted by Crippen LogP contribution is 2.27. The van der Waals surface area contributed by atoms with Crippen molar-refractivity contribution in [1.82, 2.24) is 0 Å². The zero-order valence-corrected chi connectivity index (χ0v) is 12.7. The van der Waals surface area contributed by atoms with Gasteiger partial charge in [-0.2, -0.15) is 0 Å². The van der Waals surface area contributed by atoms with Crippen LogP contribution in [0, 0.1) is 0 Å². The van der Waals surface area contributed by atoms with Crippen molar-refractivity contribution in [3.63, 3.8) is 0 Å². The number of ether oxygens (including phenoxy) is 1. The number of esters is 1. The van der Waals surface area contributed by atoms with Gasteiger partial charge in [0.1, 0.15) is 9.02 Å². The van der Waals surface area contributed by atoms with E-state index in [9.17, 15) is 4.79 Å². The van der Waals surface area contributed by atoms with E-state index in [2.05, 4.69) is 36.4 Å². The van der Waals surface area contributed by atoms with E-state index in [1.165, 1.54) is 0 Å². The highest BCUT2D eigenvalue weighted by molar-refractivity contribution is 14.1. The van der Waals surface area contributed by atoms with Crippen molar-refractivity contribution in [2.24, 2.45) is 0 Å². The molecule has 0 aliphatic rings. The number of alkyl halides is 1. The van der Waals surface area contributed by atoms with E-state index in [1.807, 2.05) is 20.8 Å². The highest BCUT2D eigenvalue weighted by Gasteiger charge is 2.33. The molecule has 1 unspecified atom stereocenters. The molecular formula is C12H23IO2. The summed E-state index contributed by atoms with van der Waals surface area (Å²) >= 11 is 2.12. The van der Waals surface area contributed by atoms with Gasteiger partial charge in [0.25, 0.3) is 0 Å². The van der Waals surface area contributed by atoms with Gasteiger partial charge in [-0.25, -0.2) is 0 Å². The molecular weight excluding hydrogens is 303 g/mol. The van der Waals surface area contributed by atoms with Gasteiger partial charge in [-0.05, 0) is 40.0 Å². The molecule has 0 saturated heterocycles. The third-order valence-electron chi connectivity index (χ3n) is 2.63. The number of halogens is 1. The Morgan fingerprint density at radius 1 is 1.27 bits per heavy atom. The Morgan fingerprint density at radius 2 is 1.80 bits per heavy atom. The van der Waals surface area contributed by atoms with E-state index in [1.54, 1.807) is 0 Å².